The number of aryl methyl sites for hydroxylation is 11. The average Bonchev–Trinajstić information content (AvgIpc) is 1.74. The van der Waals surface area contributed by atoms with Crippen molar-refractivity contribution in [3.05, 3.63) is 213 Å². The largest absolute Gasteiger partial charge is 0.494 e. The van der Waals surface area contributed by atoms with Crippen LogP contribution in [0.3, 0.4) is 0 Å². The molecule has 12 aromatic rings. The van der Waals surface area contributed by atoms with Crippen LogP contribution >= 0.6 is 22.6 Å². The predicted octanol–water partition coefficient (Wildman–Crippen LogP) is 26.0. The Morgan fingerprint density at radius 1 is 0.256 bits per heavy atom. The summed E-state index contributed by atoms with van der Waals surface area (Å²) in [5.41, 5.74) is 15.1. The molecule has 3 aromatic heterocycles. The van der Waals surface area contributed by atoms with Gasteiger partial charge in [0.05, 0.1) is 19.8 Å². The number of rotatable bonds is 18. The van der Waals surface area contributed by atoms with Crippen molar-refractivity contribution >= 4 is 85.6 Å². The van der Waals surface area contributed by atoms with E-state index in [0.717, 1.165) is 56.3 Å². The monoisotopic (exact) mass is 1190 g/mol. The van der Waals surface area contributed by atoms with E-state index in [0.29, 0.717) is 0 Å². The molecule has 86 heavy (non-hydrogen) atoms. The second-order valence-electron chi connectivity index (χ2n) is 24.5. The van der Waals surface area contributed by atoms with Gasteiger partial charge in [-0.15, -0.1) is 0 Å². The molecule has 9 aromatic carbocycles. The molecule has 0 aliphatic rings. The topological polar surface area (TPSA) is 27.7 Å². The van der Waals surface area contributed by atoms with Gasteiger partial charge in [0.2, 0.25) is 0 Å². The number of unbranched alkanes of at least 4 members (excludes halogenated alkanes) is 6. The third-order valence-corrected chi connectivity index (χ3v) is 25.3. The first-order valence-electron chi connectivity index (χ1n) is 31.8. The molecule has 0 amide bonds. The maximum atomic E-state index is 6.27. The number of hydrogen-bond donors (Lipinski definition) is 0. The zero-order valence-electron chi connectivity index (χ0n) is 54.0. The molecular weight excluding hydrogens is 1100 g/mol. The molecule has 0 N–H and O–H groups in total. The zero-order valence-corrected chi connectivity index (χ0v) is 56.7. The fraction of sp³-hybridized carbons (Fsp3) is 0.325. The number of benzene rings is 9. The van der Waals surface area contributed by atoms with E-state index in [4.69, 9.17) is 14.2 Å². The summed E-state index contributed by atoms with van der Waals surface area (Å²) in [5.74, 6) is 2.86. The molecule has 3 nitrogen and oxygen atoms in total. The van der Waals surface area contributed by atoms with Gasteiger partial charge in [-0.1, -0.05) is 160 Å². The Morgan fingerprint density at radius 2 is 0.570 bits per heavy atom. The van der Waals surface area contributed by atoms with Gasteiger partial charge in [-0.3, -0.25) is 0 Å². The fourth-order valence-corrected chi connectivity index (χ4v) is 20.4. The van der Waals surface area contributed by atoms with Crippen LogP contribution in [0.15, 0.2) is 152 Å². The van der Waals surface area contributed by atoms with Crippen LogP contribution in [0.2, 0.25) is 0 Å². The molecule has 0 saturated heterocycles. The number of hydrogen-bond acceptors (Lipinski definition) is 3. The minimum atomic E-state index is -0.665. The van der Waals surface area contributed by atoms with E-state index < -0.39 is 22.6 Å². The maximum absolute atomic E-state index is 6.27. The van der Waals surface area contributed by atoms with Gasteiger partial charge in [0, 0.05) is 42.1 Å². The second-order valence-corrected chi connectivity index (χ2v) is 30.9. The lowest BCUT2D eigenvalue weighted by molar-refractivity contribution is 0.292. The van der Waals surface area contributed by atoms with Crippen LogP contribution < -0.4 is 14.2 Å². The summed E-state index contributed by atoms with van der Waals surface area (Å²) < 4.78 is 18.5. The van der Waals surface area contributed by atoms with Crippen molar-refractivity contribution in [1.82, 2.24) is 0 Å². The van der Waals surface area contributed by atoms with Crippen molar-refractivity contribution < 1.29 is 14.2 Å². The minimum Gasteiger partial charge on any atom is -0.494 e. The quantitative estimate of drug-likeness (QED) is 0.0802. The van der Waals surface area contributed by atoms with Gasteiger partial charge < -0.3 is 14.2 Å². The van der Waals surface area contributed by atoms with Crippen molar-refractivity contribution in [2.75, 3.05) is 19.8 Å². The summed E-state index contributed by atoms with van der Waals surface area (Å²) in [5, 5.41) is 21.7. The van der Waals surface area contributed by atoms with Crippen molar-refractivity contribution in [2.24, 2.45) is 0 Å². The van der Waals surface area contributed by atoms with Crippen LogP contribution in [0.1, 0.15) is 140 Å². The Kier molecular flexibility index (Phi) is 20.3. The molecule has 1 unspecified atom stereocenters. The molecule has 0 bridgehead atoms. The highest BCUT2D eigenvalue weighted by atomic mass is 31.1. The van der Waals surface area contributed by atoms with Crippen LogP contribution in [-0.4, -0.2) is 19.8 Å². The van der Waals surface area contributed by atoms with Gasteiger partial charge in [-0.05, 0) is 267 Å². The van der Waals surface area contributed by atoms with Crippen molar-refractivity contribution in [2.45, 2.75) is 155 Å². The van der Waals surface area contributed by atoms with E-state index in [1.807, 2.05) is 0 Å². The summed E-state index contributed by atoms with van der Waals surface area (Å²) in [6.07, 6.45) is 10.6. The maximum Gasteiger partial charge on any atom is 0.123 e. The van der Waals surface area contributed by atoms with E-state index >= 15 is 0 Å². The Balaban J connectivity index is 0.000000147. The normalized spacial score (nSPS) is 11.7. The molecule has 0 fully saturated rings. The van der Waals surface area contributed by atoms with Gasteiger partial charge in [-0.25, -0.2) is 0 Å². The second kappa shape index (κ2) is 28.0. The third kappa shape index (κ3) is 13.5. The highest BCUT2D eigenvalue weighted by molar-refractivity contribution is 7.68. The average molecular weight is 1190 g/mol. The summed E-state index contributed by atoms with van der Waals surface area (Å²) in [6, 6.07) is 57.5. The lowest BCUT2D eigenvalue weighted by Crippen LogP contribution is -2.00. The molecule has 0 spiro atoms. The smallest absolute Gasteiger partial charge is 0.123 e. The van der Waals surface area contributed by atoms with Crippen molar-refractivity contribution in [3.8, 4) is 33.2 Å². The molecule has 6 heteroatoms. The first-order chi connectivity index (χ1) is 41.6. The molecule has 444 valence electrons. The molecule has 0 saturated carbocycles. The van der Waals surface area contributed by atoms with Crippen LogP contribution in [0, 0.1) is 76.2 Å². The van der Waals surface area contributed by atoms with Gasteiger partial charge in [0.1, 0.15) is 17.2 Å². The van der Waals surface area contributed by atoms with Gasteiger partial charge in [0.25, 0.3) is 0 Å². The summed E-state index contributed by atoms with van der Waals surface area (Å²) >= 11 is 0. The van der Waals surface area contributed by atoms with Crippen molar-refractivity contribution in [1.29, 1.82) is 0 Å². The molecule has 0 radical (unpaired) electrons. The molecule has 12 rings (SSSR count). The predicted molar refractivity (Wildman–Crippen MR) is 384 cm³/mol. The Hall–Kier alpha value is -6.72. The van der Waals surface area contributed by atoms with E-state index in [-0.39, 0.29) is 0 Å². The van der Waals surface area contributed by atoms with Crippen LogP contribution in [0.5, 0.6) is 17.2 Å². The molecule has 1 atom stereocenters. The first kappa shape index (κ1) is 62.3. The highest BCUT2D eigenvalue weighted by Crippen LogP contribution is 2.59. The molecule has 0 aliphatic heterocycles. The SMILES string of the molecule is CCCCCOc1cc(OCCCCC)cc(-p2c3cc(C)c(C)cc3c3cc(C)c(C)cc32)c1.CCCCCOc1ccc(-p2c3cc(C)c(C)cc3c3cc(C)c(C)cc32)cc1.Cc1ccc2c3cc(C)c(C)cc3p(-c3ccccc3)c2c1. The minimum absolute atomic E-state index is 0.417. The van der Waals surface area contributed by atoms with Crippen LogP contribution in [-0.2, 0) is 0 Å². The van der Waals surface area contributed by atoms with Gasteiger partial charge in [-0.2, -0.15) is 0 Å². The lowest BCUT2D eigenvalue weighted by atomic mass is 10.0. The number of fused-ring (bicyclic) bond motifs is 9. The van der Waals surface area contributed by atoms with E-state index in [1.165, 1.54) is 179 Å². The summed E-state index contributed by atoms with van der Waals surface area (Å²) in [4.78, 5) is 0. The highest BCUT2D eigenvalue weighted by Gasteiger charge is 2.20. The van der Waals surface area contributed by atoms with E-state index in [2.05, 4.69) is 249 Å². The van der Waals surface area contributed by atoms with E-state index in [9.17, 15) is 0 Å². The summed E-state index contributed by atoms with van der Waals surface area (Å²) in [6.45, 7) is 33.5. The molecule has 0 aliphatic carbocycles. The van der Waals surface area contributed by atoms with Crippen molar-refractivity contribution in [3.63, 3.8) is 0 Å². The molecular formula is C80H91O3P3. The van der Waals surface area contributed by atoms with Crippen LogP contribution in [0.25, 0.3) is 78.9 Å². The standard InChI is InChI=1S/C32H41O2P.C27H31OP.C21H19P/c1-7-9-11-13-33-26-19-27(34-14-12-10-8-2)21-28(20-26)35-31-17-24(5)22(3)15-29(31)30-16-23(4)25(6)18-32(30)35;1-6-7-8-13-28-22-9-11-23(12-10-22)29-26-16-20(4)18(2)14-24(26)25-15-19(3)21(5)17-27(25)29;1-14-9-10-18-19-12-15(2)16(3)13-21(19)22(20(18)11-14)17-7-5-4-6-8-17/h15-21H,7-14H2,1-6H3;9-12,14-17H,6-8,13H2,1-5H3;4-13H,1-3H3. The Labute approximate surface area is 517 Å². The lowest BCUT2D eigenvalue weighted by Gasteiger charge is -2.14. The molecule has 3 heterocycles. The third-order valence-electron chi connectivity index (χ3n) is 17.8. The van der Waals surface area contributed by atoms with Gasteiger partial charge in [0.15, 0.2) is 0 Å². The Morgan fingerprint density at radius 3 is 0.942 bits per heavy atom. The fourth-order valence-electron chi connectivity index (χ4n) is 12.0. The Bertz CT molecular complexity index is 4200. The first-order valence-corrected chi connectivity index (χ1v) is 35.9. The zero-order chi connectivity index (χ0) is 60.8. The van der Waals surface area contributed by atoms with Gasteiger partial charge >= 0.3 is 0 Å². The number of ether oxygens (including phenoxy) is 3. The van der Waals surface area contributed by atoms with Crippen LogP contribution in [0.4, 0.5) is 0 Å². The summed E-state index contributed by atoms with van der Waals surface area (Å²) in [7, 11) is -1.60. The van der Waals surface area contributed by atoms with E-state index in [1.54, 1.807) is 0 Å².